The summed E-state index contributed by atoms with van der Waals surface area (Å²) in [4.78, 5) is 0. The van der Waals surface area contributed by atoms with Gasteiger partial charge in [0.15, 0.2) is 0 Å². The first-order valence-corrected chi connectivity index (χ1v) is 7.02. The van der Waals surface area contributed by atoms with E-state index in [9.17, 15) is 5.11 Å². The van der Waals surface area contributed by atoms with E-state index in [1.165, 1.54) is 0 Å². The molecule has 1 aliphatic rings. The molecule has 4 heteroatoms. The van der Waals surface area contributed by atoms with E-state index in [0.717, 1.165) is 12.6 Å². The zero-order valence-electron chi connectivity index (χ0n) is 13.4. The molecule has 0 atom stereocenters. The van der Waals surface area contributed by atoms with Gasteiger partial charge in [-0.3, -0.25) is 0 Å². The lowest BCUT2D eigenvalue weighted by molar-refractivity contribution is -0.0888. The van der Waals surface area contributed by atoms with E-state index < -0.39 is 11.2 Å². The first-order valence-electron chi connectivity index (χ1n) is 7.02. The van der Waals surface area contributed by atoms with Crippen molar-refractivity contribution in [2.24, 2.45) is 10.8 Å². The van der Waals surface area contributed by atoms with Crippen molar-refractivity contribution in [3.8, 4) is 0 Å². The Bertz CT molecular complexity index is 287. The Morgan fingerprint density at radius 1 is 1.00 bits per heavy atom. The summed E-state index contributed by atoms with van der Waals surface area (Å²) < 4.78 is 5.89. The highest BCUT2D eigenvalue weighted by Gasteiger charge is 2.48. The van der Waals surface area contributed by atoms with Gasteiger partial charge >= 0.3 is 0 Å². The molecule has 1 heterocycles. The molecule has 0 spiro atoms. The number of hydrogen-bond acceptors (Lipinski definition) is 2. The smallest absolute Gasteiger partial charge is 0.251 e. The van der Waals surface area contributed by atoms with Crippen molar-refractivity contribution in [2.75, 3.05) is 0 Å². The van der Waals surface area contributed by atoms with E-state index in [0.29, 0.717) is 17.4 Å². The van der Waals surface area contributed by atoms with Crippen LogP contribution in [0.5, 0.6) is 0 Å². The monoisotopic (exact) mass is 251 g/mol. The third-order valence-corrected chi connectivity index (χ3v) is 5.41. The molecule has 0 saturated carbocycles. The normalized spacial score (nSPS) is 23.3. The predicted molar refractivity (Wildman–Crippen MR) is 80.1 cm³/mol. The lowest BCUT2D eigenvalue weighted by Crippen LogP contribution is -2.49. The van der Waals surface area contributed by atoms with Gasteiger partial charge in [-0.1, -0.05) is 40.3 Å². The molecule has 1 rings (SSSR count). The van der Waals surface area contributed by atoms with Crippen molar-refractivity contribution < 1.29 is 9.76 Å². The highest BCUT2D eigenvalue weighted by molar-refractivity contribution is 7.10. The summed E-state index contributed by atoms with van der Waals surface area (Å²) in [5, 5.41) is 10.1. The standard InChI is InChI=1S/C14H29B2O2/c1-11(2)9-16(10-12(11,3)4)15-18-14(7,8)13(5,6)17/h17H,9-10H2,1-8H3. The summed E-state index contributed by atoms with van der Waals surface area (Å²) in [5.41, 5.74) is -0.705. The van der Waals surface area contributed by atoms with Gasteiger partial charge < -0.3 is 9.76 Å². The van der Waals surface area contributed by atoms with E-state index >= 15 is 0 Å². The Labute approximate surface area is 114 Å². The van der Waals surface area contributed by atoms with Gasteiger partial charge in [0.05, 0.1) is 11.2 Å². The van der Waals surface area contributed by atoms with Gasteiger partial charge in [-0.25, -0.2) is 0 Å². The van der Waals surface area contributed by atoms with Crippen molar-refractivity contribution in [2.45, 2.75) is 79.2 Å². The molecule has 18 heavy (non-hydrogen) atoms. The summed E-state index contributed by atoms with van der Waals surface area (Å²) >= 11 is 0. The van der Waals surface area contributed by atoms with E-state index in [-0.39, 0.29) is 0 Å². The second-order valence-corrected chi connectivity index (χ2v) is 8.26. The summed E-state index contributed by atoms with van der Waals surface area (Å²) in [6.07, 6.45) is 2.31. The molecule has 103 valence electrons. The Hall–Kier alpha value is 0.0499. The van der Waals surface area contributed by atoms with Crippen molar-refractivity contribution in [3.63, 3.8) is 0 Å². The van der Waals surface area contributed by atoms with Crippen LogP contribution in [0.25, 0.3) is 0 Å². The lowest BCUT2D eigenvalue weighted by Gasteiger charge is -2.38. The molecule has 1 saturated heterocycles. The van der Waals surface area contributed by atoms with E-state index in [2.05, 4.69) is 27.7 Å². The number of aliphatic hydroxyl groups is 1. The number of rotatable bonds is 4. The van der Waals surface area contributed by atoms with E-state index in [1.54, 1.807) is 13.8 Å². The maximum atomic E-state index is 10.1. The predicted octanol–water partition coefficient (Wildman–Crippen LogP) is 3.23. The molecule has 0 bridgehead atoms. The largest absolute Gasteiger partial charge is 0.443 e. The fraction of sp³-hybridized carbons (Fsp3) is 1.00. The van der Waals surface area contributed by atoms with E-state index in [4.69, 9.17) is 4.65 Å². The second kappa shape index (κ2) is 4.56. The van der Waals surface area contributed by atoms with Gasteiger partial charge in [0.1, 0.15) is 6.60 Å². The summed E-state index contributed by atoms with van der Waals surface area (Å²) in [5.74, 6) is 0. The average molecular weight is 251 g/mol. The van der Waals surface area contributed by atoms with Crippen LogP contribution in [0.1, 0.15) is 55.4 Å². The van der Waals surface area contributed by atoms with Gasteiger partial charge in [-0.15, -0.1) is 0 Å². The number of hydrogen-bond donors (Lipinski definition) is 1. The van der Waals surface area contributed by atoms with Crippen LogP contribution in [0.15, 0.2) is 0 Å². The molecule has 0 aliphatic carbocycles. The van der Waals surface area contributed by atoms with Crippen molar-refractivity contribution in [1.29, 1.82) is 0 Å². The van der Waals surface area contributed by atoms with Crippen LogP contribution in [0.4, 0.5) is 0 Å². The van der Waals surface area contributed by atoms with Crippen LogP contribution in [0, 0.1) is 10.8 Å². The van der Waals surface area contributed by atoms with Gasteiger partial charge in [-0.2, -0.15) is 0 Å². The van der Waals surface area contributed by atoms with Crippen LogP contribution >= 0.6 is 0 Å². The zero-order chi connectivity index (χ0) is 14.4. The first-order chi connectivity index (χ1) is 7.79. The Morgan fingerprint density at radius 2 is 1.39 bits per heavy atom. The van der Waals surface area contributed by atoms with Crippen LogP contribution in [-0.2, 0) is 4.65 Å². The maximum Gasteiger partial charge on any atom is 0.251 e. The quantitative estimate of drug-likeness (QED) is 0.777. The minimum absolute atomic E-state index is 0.344. The Balaban J connectivity index is 2.58. The third kappa shape index (κ3) is 3.14. The Kier molecular flexibility index (Phi) is 4.08. The molecule has 0 aromatic heterocycles. The maximum absolute atomic E-state index is 10.1. The van der Waals surface area contributed by atoms with Gasteiger partial charge in [0.25, 0.3) is 7.37 Å². The van der Waals surface area contributed by atoms with Crippen molar-refractivity contribution >= 4 is 14.0 Å². The van der Waals surface area contributed by atoms with Gasteiger partial charge in [0, 0.05) is 0 Å². The first kappa shape index (κ1) is 16.1. The zero-order valence-corrected chi connectivity index (χ0v) is 13.4. The molecule has 2 nitrogen and oxygen atoms in total. The Morgan fingerprint density at radius 3 is 1.72 bits per heavy atom. The highest BCUT2D eigenvalue weighted by atomic mass is 16.5. The summed E-state index contributed by atoms with van der Waals surface area (Å²) in [6, 6.07) is 0. The molecule has 1 N–H and O–H groups in total. The minimum Gasteiger partial charge on any atom is -0.443 e. The molecular weight excluding hydrogens is 222 g/mol. The molecule has 0 amide bonds. The molecular formula is C14H29B2O2. The second-order valence-electron chi connectivity index (χ2n) is 8.26. The fourth-order valence-electron chi connectivity index (χ4n) is 2.44. The van der Waals surface area contributed by atoms with E-state index in [1.807, 2.05) is 21.2 Å². The molecule has 0 aromatic rings. The topological polar surface area (TPSA) is 29.5 Å². The fourth-order valence-corrected chi connectivity index (χ4v) is 2.44. The van der Waals surface area contributed by atoms with Crippen LogP contribution in [-0.4, -0.2) is 30.3 Å². The minimum atomic E-state index is -0.840. The SMILES string of the molecule is CC(C)(O)C(C)(C)O[B]B1CC(C)(C)C(C)(C)C1. The highest BCUT2D eigenvalue weighted by Crippen LogP contribution is 2.52. The molecule has 1 fully saturated rings. The van der Waals surface area contributed by atoms with Crippen LogP contribution in [0.2, 0.25) is 12.6 Å². The van der Waals surface area contributed by atoms with Gasteiger partial charge in [-0.05, 0) is 38.5 Å². The molecule has 0 aromatic carbocycles. The van der Waals surface area contributed by atoms with Crippen molar-refractivity contribution in [1.82, 2.24) is 0 Å². The molecule has 1 radical (unpaired) electrons. The summed E-state index contributed by atoms with van der Waals surface area (Å²) in [6.45, 7) is 17.3. The average Bonchev–Trinajstić information content (AvgIpc) is 2.30. The van der Waals surface area contributed by atoms with Crippen LogP contribution in [0.3, 0.4) is 0 Å². The van der Waals surface area contributed by atoms with Gasteiger partial charge in [0.2, 0.25) is 0 Å². The van der Waals surface area contributed by atoms with Crippen molar-refractivity contribution in [3.05, 3.63) is 0 Å². The van der Waals surface area contributed by atoms with Crippen LogP contribution < -0.4 is 0 Å². The lowest BCUT2D eigenvalue weighted by atomic mass is 9.26. The molecule has 0 unspecified atom stereocenters. The molecule has 1 aliphatic heterocycles. The third-order valence-electron chi connectivity index (χ3n) is 5.41. The summed E-state index contributed by atoms with van der Waals surface area (Å²) in [7, 11) is 1.97.